The molecular weight excluding hydrogens is 268 g/mol. The molecule has 1 fully saturated rings. The van der Waals surface area contributed by atoms with Crippen molar-refractivity contribution in [3.63, 3.8) is 0 Å². The van der Waals surface area contributed by atoms with Crippen LogP contribution in [0.3, 0.4) is 0 Å². The van der Waals surface area contributed by atoms with Crippen LogP contribution in [0.4, 0.5) is 8.78 Å². The van der Waals surface area contributed by atoms with Gasteiger partial charge in [0.25, 0.3) is 0 Å². The van der Waals surface area contributed by atoms with E-state index in [2.05, 4.69) is 11.6 Å². The Hall–Kier alpha value is -0.650. The SMILES string of the molecule is CSC1(CNCC(O)c2cc(F)ccc2F)CCC1. The number of aliphatic hydroxyl groups excluding tert-OH is 1. The van der Waals surface area contributed by atoms with Crippen LogP contribution in [-0.2, 0) is 0 Å². The van der Waals surface area contributed by atoms with Gasteiger partial charge in [-0.3, -0.25) is 0 Å². The van der Waals surface area contributed by atoms with Gasteiger partial charge >= 0.3 is 0 Å². The maximum atomic E-state index is 13.5. The summed E-state index contributed by atoms with van der Waals surface area (Å²) in [6, 6.07) is 3.15. The lowest BCUT2D eigenvalue weighted by Gasteiger charge is -2.40. The second kappa shape index (κ2) is 6.20. The molecule has 5 heteroatoms. The molecule has 1 aliphatic carbocycles. The first kappa shape index (κ1) is 14.8. The summed E-state index contributed by atoms with van der Waals surface area (Å²) in [5.74, 6) is -1.10. The van der Waals surface area contributed by atoms with Crippen molar-refractivity contribution >= 4 is 11.8 Å². The Morgan fingerprint density at radius 3 is 2.74 bits per heavy atom. The van der Waals surface area contributed by atoms with E-state index in [1.807, 2.05) is 11.8 Å². The molecule has 0 aromatic heterocycles. The van der Waals surface area contributed by atoms with E-state index in [-0.39, 0.29) is 16.9 Å². The summed E-state index contributed by atoms with van der Waals surface area (Å²) < 4.78 is 26.8. The van der Waals surface area contributed by atoms with Crippen molar-refractivity contribution < 1.29 is 13.9 Å². The van der Waals surface area contributed by atoms with Crippen molar-refractivity contribution in [2.75, 3.05) is 19.3 Å². The third-order valence-corrected chi connectivity index (χ3v) is 5.22. The van der Waals surface area contributed by atoms with Gasteiger partial charge in [-0.1, -0.05) is 6.42 Å². The minimum atomic E-state index is -1.02. The average molecular weight is 287 g/mol. The predicted molar refractivity (Wildman–Crippen MR) is 74.3 cm³/mol. The van der Waals surface area contributed by atoms with Gasteiger partial charge in [0.15, 0.2) is 0 Å². The summed E-state index contributed by atoms with van der Waals surface area (Å²) in [6.45, 7) is 1.03. The fourth-order valence-corrected chi connectivity index (χ4v) is 3.28. The van der Waals surface area contributed by atoms with Gasteiger partial charge < -0.3 is 10.4 Å². The van der Waals surface area contributed by atoms with Crippen molar-refractivity contribution in [1.29, 1.82) is 0 Å². The molecule has 2 nitrogen and oxygen atoms in total. The zero-order valence-electron chi connectivity index (χ0n) is 11.0. The Bertz CT molecular complexity index is 432. The van der Waals surface area contributed by atoms with Crippen LogP contribution in [0.25, 0.3) is 0 Å². The topological polar surface area (TPSA) is 32.3 Å². The van der Waals surface area contributed by atoms with Crippen LogP contribution in [-0.4, -0.2) is 29.2 Å². The number of thioether (sulfide) groups is 1. The fourth-order valence-electron chi connectivity index (χ4n) is 2.34. The zero-order chi connectivity index (χ0) is 13.9. The van der Waals surface area contributed by atoms with Crippen LogP contribution in [0.15, 0.2) is 18.2 Å². The molecule has 0 radical (unpaired) electrons. The monoisotopic (exact) mass is 287 g/mol. The maximum Gasteiger partial charge on any atom is 0.129 e. The highest BCUT2D eigenvalue weighted by Gasteiger charge is 2.35. The summed E-state index contributed by atoms with van der Waals surface area (Å²) in [4.78, 5) is 0. The lowest BCUT2D eigenvalue weighted by atomic mass is 9.84. The summed E-state index contributed by atoms with van der Waals surface area (Å²) in [5.41, 5.74) is 0.0133. The Morgan fingerprint density at radius 1 is 1.42 bits per heavy atom. The van der Waals surface area contributed by atoms with Gasteiger partial charge in [0.2, 0.25) is 0 Å². The van der Waals surface area contributed by atoms with Gasteiger partial charge in [0.05, 0.1) is 6.10 Å². The standard InChI is InChI=1S/C14H19F2NOS/c1-19-14(5-2-6-14)9-17-8-13(18)11-7-10(15)3-4-12(11)16/h3-4,7,13,17-18H,2,5-6,8-9H2,1H3. The van der Waals surface area contributed by atoms with E-state index in [4.69, 9.17) is 0 Å². The molecule has 1 aliphatic rings. The van der Waals surface area contributed by atoms with E-state index < -0.39 is 17.7 Å². The van der Waals surface area contributed by atoms with Gasteiger partial charge in [0, 0.05) is 23.4 Å². The van der Waals surface area contributed by atoms with Crippen LogP contribution < -0.4 is 5.32 Å². The van der Waals surface area contributed by atoms with Crippen molar-refractivity contribution in [2.45, 2.75) is 30.1 Å². The molecule has 0 saturated heterocycles. The van der Waals surface area contributed by atoms with Gasteiger partial charge in [-0.15, -0.1) is 0 Å². The van der Waals surface area contributed by atoms with E-state index in [0.717, 1.165) is 24.7 Å². The zero-order valence-corrected chi connectivity index (χ0v) is 11.8. The number of benzene rings is 1. The van der Waals surface area contributed by atoms with Crippen LogP contribution in [0.5, 0.6) is 0 Å². The van der Waals surface area contributed by atoms with Gasteiger partial charge in [-0.2, -0.15) is 11.8 Å². The van der Waals surface area contributed by atoms with E-state index in [9.17, 15) is 13.9 Å². The highest BCUT2D eigenvalue weighted by molar-refractivity contribution is 8.00. The van der Waals surface area contributed by atoms with Crippen LogP contribution in [0, 0.1) is 11.6 Å². The fraction of sp³-hybridized carbons (Fsp3) is 0.571. The maximum absolute atomic E-state index is 13.5. The summed E-state index contributed by atoms with van der Waals surface area (Å²) in [6.07, 6.45) is 4.65. The lowest BCUT2D eigenvalue weighted by Crippen LogP contribution is -2.44. The van der Waals surface area contributed by atoms with Crippen molar-refractivity contribution in [2.24, 2.45) is 0 Å². The first-order valence-electron chi connectivity index (χ1n) is 6.45. The number of hydrogen-bond acceptors (Lipinski definition) is 3. The molecule has 1 aromatic rings. The third kappa shape index (κ3) is 3.46. The molecule has 1 unspecified atom stereocenters. The first-order chi connectivity index (χ1) is 9.06. The van der Waals surface area contributed by atoms with Gasteiger partial charge in [-0.25, -0.2) is 8.78 Å². The summed E-state index contributed by atoms with van der Waals surface area (Å²) in [7, 11) is 0. The molecule has 19 heavy (non-hydrogen) atoms. The normalized spacial score (nSPS) is 18.9. The van der Waals surface area contributed by atoms with E-state index in [1.165, 1.54) is 19.3 Å². The second-order valence-electron chi connectivity index (χ2n) is 5.05. The predicted octanol–water partition coefficient (Wildman–Crippen LogP) is 2.87. The first-order valence-corrected chi connectivity index (χ1v) is 7.68. The molecule has 2 N–H and O–H groups in total. The molecule has 1 saturated carbocycles. The lowest BCUT2D eigenvalue weighted by molar-refractivity contribution is 0.166. The minimum absolute atomic E-state index is 0.0133. The molecule has 0 heterocycles. The Balaban J connectivity index is 1.87. The third-order valence-electron chi connectivity index (χ3n) is 3.80. The number of rotatable bonds is 6. The molecule has 0 bridgehead atoms. The average Bonchev–Trinajstić information content (AvgIpc) is 2.35. The van der Waals surface area contributed by atoms with E-state index in [1.54, 1.807) is 0 Å². The molecule has 0 aliphatic heterocycles. The molecule has 1 aromatic carbocycles. The number of halogens is 2. The number of aliphatic hydroxyl groups is 1. The summed E-state index contributed by atoms with van der Waals surface area (Å²) >= 11 is 1.83. The highest BCUT2D eigenvalue weighted by Crippen LogP contribution is 2.42. The molecule has 0 spiro atoms. The Kier molecular flexibility index (Phi) is 4.81. The minimum Gasteiger partial charge on any atom is -0.387 e. The van der Waals surface area contributed by atoms with Gasteiger partial charge in [-0.05, 0) is 37.3 Å². The second-order valence-corrected chi connectivity index (χ2v) is 6.33. The van der Waals surface area contributed by atoms with E-state index in [0.29, 0.717) is 0 Å². The van der Waals surface area contributed by atoms with Crippen LogP contribution in [0.2, 0.25) is 0 Å². The van der Waals surface area contributed by atoms with E-state index >= 15 is 0 Å². The molecule has 2 rings (SSSR count). The Morgan fingerprint density at radius 2 is 2.16 bits per heavy atom. The van der Waals surface area contributed by atoms with Gasteiger partial charge in [0.1, 0.15) is 11.6 Å². The molecular formula is C14H19F2NOS. The van der Waals surface area contributed by atoms with Crippen LogP contribution >= 0.6 is 11.8 Å². The molecule has 106 valence electrons. The summed E-state index contributed by atoms with van der Waals surface area (Å²) in [5, 5.41) is 13.1. The van der Waals surface area contributed by atoms with Crippen molar-refractivity contribution in [3.05, 3.63) is 35.4 Å². The highest BCUT2D eigenvalue weighted by atomic mass is 32.2. The number of nitrogens with one attached hydrogen (secondary N) is 1. The largest absolute Gasteiger partial charge is 0.387 e. The van der Waals surface area contributed by atoms with Crippen molar-refractivity contribution in [1.82, 2.24) is 5.32 Å². The molecule has 0 amide bonds. The van der Waals surface area contributed by atoms with Crippen molar-refractivity contribution in [3.8, 4) is 0 Å². The number of hydrogen-bond donors (Lipinski definition) is 2. The molecule has 1 atom stereocenters. The Labute approximate surface area is 116 Å². The quantitative estimate of drug-likeness (QED) is 0.844. The van der Waals surface area contributed by atoms with Crippen LogP contribution in [0.1, 0.15) is 30.9 Å². The smallest absolute Gasteiger partial charge is 0.129 e.